The van der Waals surface area contributed by atoms with Gasteiger partial charge in [0.05, 0.1) is 18.6 Å². The minimum atomic E-state index is 0.549. The summed E-state index contributed by atoms with van der Waals surface area (Å²) in [5.74, 6) is 1.09. The number of nitrogens with zero attached hydrogens (tertiary/aromatic N) is 4. The van der Waals surface area contributed by atoms with Crippen LogP contribution in [0.1, 0.15) is 31.8 Å². The lowest BCUT2D eigenvalue weighted by Gasteiger charge is -2.14. The van der Waals surface area contributed by atoms with Crippen LogP contribution in [0.4, 0.5) is 0 Å². The number of thioether (sulfide) groups is 1. The molecule has 1 aromatic carbocycles. The summed E-state index contributed by atoms with van der Waals surface area (Å²) >= 11 is 1.89. The Labute approximate surface area is 154 Å². The van der Waals surface area contributed by atoms with Crippen molar-refractivity contribution in [3.05, 3.63) is 60.6 Å². The zero-order valence-electron chi connectivity index (χ0n) is 15.2. The third kappa shape index (κ3) is 4.15. The Balaban J connectivity index is 1.95. The molecule has 3 aromatic rings. The summed E-state index contributed by atoms with van der Waals surface area (Å²) in [6, 6.07) is 10.5. The second kappa shape index (κ2) is 8.39. The minimum Gasteiger partial charge on any atom is -0.333 e. The molecule has 0 saturated heterocycles. The SMILES string of the molecule is CCCn1ccnc1Cn1cnc(-c2ccccc2)c1CC(C)SC. The summed E-state index contributed by atoms with van der Waals surface area (Å²) in [4.78, 5) is 9.31. The molecule has 132 valence electrons. The number of benzene rings is 1. The standard InChI is InChI=1S/C20H26N4S/c1-4-11-23-12-10-21-19(23)14-24-15-22-20(17-8-6-5-7-9-17)18(24)13-16(2)25-3/h5-10,12,15-16H,4,11,13-14H2,1-3H3. The van der Waals surface area contributed by atoms with Gasteiger partial charge in [-0.15, -0.1) is 0 Å². The summed E-state index contributed by atoms with van der Waals surface area (Å²) in [5, 5.41) is 0.549. The van der Waals surface area contributed by atoms with Gasteiger partial charge in [0.2, 0.25) is 0 Å². The van der Waals surface area contributed by atoms with Gasteiger partial charge in [-0.05, 0) is 12.7 Å². The lowest BCUT2D eigenvalue weighted by atomic mass is 10.1. The maximum absolute atomic E-state index is 4.75. The van der Waals surface area contributed by atoms with Gasteiger partial charge in [-0.3, -0.25) is 0 Å². The quantitative estimate of drug-likeness (QED) is 0.597. The highest BCUT2D eigenvalue weighted by atomic mass is 32.2. The molecule has 0 aliphatic heterocycles. The van der Waals surface area contributed by atoms with Crippen LogP contribution in [0.2, 0.25) is 0 Å². The second-order valence-corrected chi connectivity index (χ2v) is 7.60. The highest BCUT2D eigenvalue weighted by Crippen LogP contribution is 2.26. The molecule has 2 heterocycles. The molecule has 0 fully saturated rings. The first-order valence-electron chi connectivity index (χ1n) is 8.85. The molecule has 0 N–H and O–H groups in total. The molecule has 3 rings (SSSR count). The monoisotopic (exact) mass is 354 g/mol. The van der Waals surface area contributed by atoms with Crippen LogP contribution in [-0.2, 0) is 19.5 Å². The molecule has 0 radical (unpaired) electrons. The number of rotatable bonds is 8. The first-order chi connectivity index (χ1) is 12.2. The molecule has 0 aliphatic rings. The lowest BCUT2D eigenvalue weighted by Crippen LogP contribution is -2.13. The van der Waals surface area contributed by atoms with E-state index in [9.17, 15) is 0 Å². The average molecular weight is 355 g/mol. The topological polar surface area (TPSA) is 35.6 Å². The van der Waals surface area contributed by atoms with Gasteiger partial charge in [-0.2, -0.15) is 11.8 Å². The van der Waals surface area contributed by atoms with Crippen LogP contribution in [0.15, 0.2) is 49.1 Å². The fraction of sp³-hybridized carbons (Fsp3) is 0.400. The summed E-state index contributed by atoms with van der Waals surface area (Å²) in [6.07, 6.45) is 10.2. The molecule has 1 unspecified atom stereocenters. The highest BCUT2D eigenvalue weighted by Gasteiger charge is 2.16. The Morgan fingerprint density at radius 1 is 1.12 bits per heavy atom. The van der Waals surface area contributed by atoms with Crippen molar-refractivity contribution in [2.24, 2.45) is 0 Å². The first kappa shape index (κ1) is 17.8. The maximum Gasteiger partial charge on any atom is 0.128 e. The Morgan fingerprint density at radius 2 is 1.92 bits per heavy atom. The first-order valence-corrected chi connectivity index (χ1v) is 10.1. The second-order valence-electron chi connectivity index (χ2n) is 6.32. The van der Waals surface area contributed by atoms with E-state index in [0.29, 0.717) is 5.25 Å². The van der Waals surface area contributed by atoms with Gasteiger partial charge >= 0.3 is 0 Å². The molecular formula is C20H26N4S. The summed E-state index contributed by atoms with van der Waals surface area (Å²) < 4.78 is 4.51. The average Bonchev–Trinajstić information content (AvgIpc) is 3.24. The summed E-state index contributed by atoms with van der Waals surface area (Å²) in [7, 11) is 0. The predicted octanol–water partition coefficient (Wildman–Crippen LogP) is 4.50. The Kier molecular flexibility index (Phi) is 5.97. The normalized spacial score (nSPS) is 12.4. The molecule has 25 heavy (non-hydrogen) atoms. The van der Waals surface area contributed by atoms with Gasteiger partial charge in [0.15, 0.2) is 0 Å². The molecule has 0 aliphatic carbocycles. The van der Waals surface area contributed by atoms with Crippen molar-refractivity contribution < 1.29 is 0 Å². The number of hydrogen-bond donors (Lipinski definition) is 0. The van der Waals surface area contributed by atoms with Gasteiger partial charge in [-0.25, -0.2) is 9.97 Å². The number of imidazole rings is 2. The van der Waals surface area contributed by atoms with Crippen LogP contribution in [-0.4, -0.2) is 30.6 Å². The highest BCUT2D eigenvalue weighted by molar-refractivity contribution is 7.99. The van der Waals surface area contributed by atoms with E-state index in [1.165, 1.54) is 11.3 Å². The molecule has 0 amide bonds. The van der Waals surface area contributed by atoms with Crippen LogP contribution in [0, 0.1) is 0 Å². The Bertz CT molecular complexity index is 791. The van der Waals surface area contributed by atoms with Gasteiger partial charge in [-0.1, -0.05) is 44.2 Å². The predicted molar refractivity (Wildman–Crippen MR) is 106 cm³/mol. The van der Waals surface area contributed by atoms with Crippen molar-refractivity contribution >= 4 is 11.8 Å². The fourth-order valence-electron chi connectivity index (χ4n) is 3.04. The maximum atomic E-state index is 4.75. The van der Waals surface area contributed by atoms with E-state index in [2.05, 4.69) is 64.7 Å². The van der Waals surface area contributed by atoms with Crippen molar-refractivity contribution in [1.29, 1.82) is 0 Å². The van der Waals surface area contributed by atoms with E-state index in [1.807, 2.05) is 30.4 Å². The third-order valence-corrected chi connectivity index (χ3v) is 5.43. The van der Waals surface area contributed by atoms with Crippen LogP contribution >= 0.6 is 11.8 Å². The Hall–Kier alpha value is -2.01. The van der Waals surface area contributed by atoms with E-state index < -0.39 is 0 Å². The molecular weight excluding hydrogens is 328 g/mol. The van der Waals surface area contributed by atoms with E-state index in [-0.39, 0.29) is 0 Å². The van der Waals surface area contributed by atoms with Crippen molar-refractivity contribution in [2.75, 3.05) is 6.26 Å². The zero-order chi connectivity index (χ0) is 17.6. The smallest absolute Gasteiger partial charge is 0.128 e. The molecule has 0 spiro atoms. The molecule has 5 heteroatoms. The largest absolute Gasteiger partial charge is 0.333 e. The molecule has 2 aromatic heterocycles. The van der Waals surface area contributed by atoms with Crippen LogP contribution in [0.5, 0.6) is 0 Å². The molecule has 1 atom stereocenters. The van der Waals surface area contributed by atoms with Crippen molar-refractivity contribution in [3.8, 4) is 11.3 Å². The van der Waals surface area contributed by atoms with E-state index >= 15 is 0 Å². The van der Waals surface area contributed by atoms with Gasteiger partial charge in [0.1, 0.15) is 5.82 Å². The summed E-state index contributed by atoms with van der Waals surface area (Å²) in [6.45, 7) is 6.24. The lowest BCUT2D eigenvalue weighted by molar-refractivity contribution is 0.602. The van der Waals surface area contributed by atoms with Gasteiger partial charge in [0.25, 0.3) is 0 Å². The molecule has 0 bridgehead atoms. The van der Waals surface area contributed by atoms with Crippen LogP contribution in [0.25, 0.3) is 11.3 Å². The number of hydrogen-bond acceptors (Lipinski definition) is 3. The van der Waals surface area contributed by atoms with E-state index in [0.717, 1.165) is 37.4 Å². The number of aryl methyl sites for hydroxylation is 1. The van der Waals surface area contributed by atoms with Crippen LogP contribution in [0.3, 0.4) is 0 Å². The van der Waals surface area contributed by atoms with E-state index in [1.54, 1.807) is 0 Å². The molecule has 0 saturated carbocycles. The summed E-state index contributed by atoms with van der Waals surface area (Å²) in [5.41, 5.74) is 3.57. The zero-order valence-corrected chi connectivity index (χ0v) is 16.0. The van der Waals surface area contributed by atoms with E-state index in [4.69, 9.17) is 4.98 Å². The number of aromatic nitrogens is 4. The molecule has 4 nitrogen and oxygen atoms in total. The van der Waals surface area contributed by atoms with Crippen molar-refractivity contribution in [2.45, 2.75) is 45.0 Å². The van der Waals surface area contributed by atoms with Crippen molar-refractivity contribution in [3.63, 3.8) is 0 Å². The fourth-order valence-corrected chi connectivity index (χ4v) is 3.36. The Morgan fingerprint density at radius 3 is 2.64 bits per heavy atom. The van der Waals surface area contributed by atoms with Gasteiger partial charge in [0, 0.05) is 41.9 Å². The minimum absolute atomic E-state index is 0.549. The van der Waals surface area contributed by atoms with Crippen molar-refractivity contribution in [1.82, 2.24) is 19.1 Å². The third-order valence-electron chi connectivity index (χ3n) is 4.45. The van der Waals surface area contributed by atoms with Gasteiger partial charge < -0.3 is 9.13 Å². The van der Waals surface area contributed by atoms with Crippen LogP contribution < -0.4 is 0 Å².